The number of hydrogen-bond donors (Lipinski definition) is 2. The minimum atomic E-state index is -0.177. The molecule has 0 radical (unpaired) electrons. The third-order valence-corrected chi connectivity index (χ3v) is 7.34. The molecule has 0 aliphatic carbocycles. The van der Waals surface area contributed by atoms with Gasteiger partial charge in [0.05, 0.1) is 6.04 Å². The second-order valence-corrected chi connectivity index (χ2v) is 9.87. The number of carbonyl (C=O) groups excluding carboxylic acids is 1. The van der Waals surface area contributed by atoms with Crippen LogP contribution in [0.5, 0.6) is 0 Å². The fourth-order valence-electron chi connectivity index (χ4n) is 4.60. The first-order chi connectivity index (χ1) is 16.5. The number of piperidine rings is 1. The van der Waals surface area contributed by atoms with Gasteiger partial charge in [0.2, 0.25) is 0 Å². The Morgan fingerprint density at radius 3 is 2.82 bits per heavy atom. The minimum Gasteiger partial charge on any atom is -0.382 e. The van der Waals surface area contributed by atoms with Gasteiger partial charge in [0.15, 0.2) is 5.13 Å². The largest absolute Gasteiger partial charge is 0.382 e. The van der Waals surface area contributed by atoms with Crippen LogP contribution in [-0.4, -0.2) is 43.8 Å². The standard InChI is InChI=1S/C25H29N7OS/c1-3-6-18-15-28-25(34-18)30-24(33)17-10-8-16(9-11-17)20-21-22(26)27-12-14-32(21)23(29-20)19-7-4-5-13-31(19)2/h8-12,14-15,19H,3-7,13H2,1-2H3,(H2,26,27)(H,28,30,33)/t19-/m0/s1. The molecular weight excluding hydrogens is 446 g/mol. The number of benzene rings is 1. The molecule has 1 aromatic carbocycles. The molecule has 3 aromatic heterocycles. The van der Waals surface area contributed by atoms with E-state index in [-0.39, 0.29) is 11.9 Å². The number of aryl methyl sites for hydroxylation is 1. The number of anilines is 2. The first kappa shape index (κ1) is 22.5. The number of carbonyl (C=O) groups is 1. The molecule has 0 saturated carbocycles. The van der Waals surface area contributed by atoms with Crippen molar-refractivity contribution < 1.29 is 4.79 Å². The van der Waals surface area contributed by atoms with Crippen molar-refractivity contribution in [3.8, 4) is 11.3 Å². The molecule has 9 heteroatoms. The number of aromatic nitrogens is 4. The van der Waals surface area contributed by atoms with Crippen molar-refractivity contribution >= 4 is 33.7 Å². The SMILES string of the molecule is CCCc1cnc(NC(=O)c2ccc(-c3nc([C@@H]4CCCCN4C)n4ccnc(N)c34)cc2)s1. The van der Waals surface area contributed by atoms with E-state index in [0.717, 1.165) is 48.4 Å². The summed E-state index contributed by atoms with van der Waals surface area (Å²) < 4.78 is 2.07. The molecule has 1 aliphatic heterocycles. The topological polar surface area (TPSA) is 101 Å². The number of hydrogen-bond acceptors (Lipinski definition) is 7. The van der Waals surface area contributed by atoms with E-state index in [1.807, 2.05) is 36.7 Å². The van der Waals surface area contributed by atoms with Crippen LogP contribution < -0.4 is 11.1 Å². The number of thiazole rings is 1. The van der Waals surface area contributed by atoms with Gasteiger partial charge in [-0.1, -0.05) is 31.9 Å². The number of fused-ring (bicyclic) bond motifs is 1. The van der Waals surface area contributed by atoms with E-state index < -0.39 is 0 Å². The van der Waals surface area contributed by atoms with E-state index in [1.165, 1.54) is 29.1 Å². The van der Waals surface area contributed by atoms with E-state index in [0.29, 0.717) is 16.5 Å². The normalized spacial score (nSPS) is 16.7. The molecule has 8 nitrogen and oxygen atoms in total. The van der Waals surface area contributed by atoms with Crippen LogP contribution in [0.3, 0.4) is 0 Å². The zero-order chi connectivity index (χ0) is 23.7. The van der Waals surface area contributed by atoms with E-state index in [4.69, 9.17) is 10.7 Å². The highest BCUT2D eigenvalue weighted by molar-refractivity contribution is 7.15. The average Bonchev–Trinajstić information content (AvgIpc) is 3.45. The fraction of sp³-hybridized carbons (Fsp3) is 0.360. The Morgan fingerprint density at radius 1 is 1.24 bits per heavy atom. The Morgan fingerprint density at radius 2 is 2.06 bits per heavy atom. The Hall–Kier alpha value is -3.30. The quantitative estimate of drug-likeness (QED) is 0.415. The van der Waals surface area contributed by atoms with Crippen molar-refractivity contribution in [1.29, 1.82) is 0 Å². The molecule has 1 aliphatic rings. The van der Waals surface area contributed by atoms with Crippen molar-refractivity contribution in [3.05, 3.63) is 59.1 Å². The first-order valence-electron chi connectivity index (χ1n) is 11.7. The van der Waals surface area contributed by atoms with E-state index >= 15 is 0 Å². The van der Waals surface area contributed by atoms with Gasteiger partial charge in [0, 0.05) is 34.6 Å². The lowest BCUT2D eigenvalue weighted by molar-refractivity contribution is 0.102. The van der Waals surface area contributed by atoms with E-state index in [9.17, 15) is 4.79 Å². The van der Waals surface area contributed by atoms with Crippen LogP contribution in [0.4, 0.5) is 10.9 Å². The number of nitrogens with two attached hydrogens (primary N) is 1. The van der Waals surface area contributed by atoms with Gasteiger partial charge in [-0.15, -0.1) is 11.3 Å². The summed E-state index contributed by atoms with van der Waals surface area (Å²) in [6.07, 6.45) is 11.0. The molecule has 0 bridgehead atoms. The number of imidazole rings is 1. The number of amides is 1. The predicted octanol–water partition coefficient (Wildman–Crippen LogP) is 4.80. The molecule has 0 unspecified atom stereocenters. The zero-order valence-electron chi connectivity index (χ0n) is 19.5. The molecule has 4 heterocycles. The summed E-state index contributed by atoms with van der Waals surface area (Å²) in [5.74, 6) is 1.25. The predicted molar refractivity (Wildman–Crippen MR) is 136 cm³/mol. The lowest BCUT2D eigenvalue weighted by Crippen LogP contribution is -2.30. The number of rotatable bonds is 6. The van der Waals surface area contributed by atoms with E-state index in [1.54, 1.807) is 6.20 Å². The molecule has 34 heavy (non-hydrogen) atoms. The van der Waals surface area contributed by atoms with Gasteiger partial charge >= 0.3 is 0 Å². The number of nitrogen functional groups attached to an aromatic ring is 1. The first-order valence-corrected chi connectivity index (χ1v) is 12.6. The van der Waals surface area contributed by atoms with Crippen molar-refractivity contribution in [2.24, 2.45) is 0 Å². The minimum absolute atomic E-state index is 0.177. The average molecular weight is 476 g/mol. The zero-order valence-corrected chi connectivity index (χ0v) is 20.3. The Labute approximate surface area is 202 Å². The van der Waals surface area contributed by atoms with Gasteiger partial charge in [-0.2, -0.15) is 0 Å². The lowest BCUT2D eigenvalue weighted by Gasteiger charge is -2.31. The third kappa shape index (κ3) is 4.28. The fourth-order valence-corrected chi connectivity index (χ4v) is 5.51. The maximum Gasteiger partial charge on any atom is 0.257 e. The van der Waals surface area contributed by atoms with Crippen LogP contribution in [0, 0.1) is 0 Å². The Kier molecular flexibility index (Phi) is 6.30. The third-order valence-electron chi connectivity index (χ3n) is 6.37. The Bertz CT molecular complexity index is 1310. The number of likely N-dealkylation sites (tertiary alicyclic amines) is 1. The Balaban J connectivity index is 1.44. The molecule has 1 fully saturated rings. The summed E-state index contributed by atoms with van der Waals surface area (Å²) in [7, 11) is 2.15. The monoisotopic (exact) mass is 475 g/mol. The summed E-state index contributed by atoms with van der Waals surface area (Å²) in [4.78, 5) is 29.9. The molecule has 176 valence electrons. The molecule has 3 N–H and O–H groups in total. The second kappa shape index (κ2) is 9.52. The maximum absolute atomic E-state index is 12.7. The molecule has 1 atom stereocenters. The van der Waals surface area contributed by atoms with Gasteiger partial charge in [-0.05, 0) is 45.0 Å². The van der Waals surface area contributed by atoms with Crippen LogP contribution in [0.1, 0.15) is 59.7 Å². The summed E-state index contributed by atoms with van der Waals surface area (Å²) in [5, 5.41) is 3.52. The van der Waals surface area contributed by atoms with Crippen molar-refractivity contribution in [2.45, 2.75) is 45.1 Å². The number of nitrogens with one attached hydrogen (secondary N) is 1. The van der Waals surface area contributed by atoms with E-state index in [2.05, 4.69) is 38.6 Å². The van der Waals surface area contributed by atoms with Gasteiger partial charge < -0.3 is 5.73 Å². The molecular formula is C25H29N7OS. The summed E-state index contributed by atoms with van der Waals surface area (Å²) in [5.41, 5.74) is 9.37. The highest BCUT2D eigenvalue weighted by atomic mass is 32.1. The second-order valence-electron chi connectivity index (χ2n) is 8.76. The summed E-state index contributed by atoms with van der Waals surface area (Å²) in [6.45, 7) is 3.18. The van der Waals surface area contributed by atoms with Gasteiger partial charge in [-0.25, -0.2) is 15.0 Å². The molecule has 1 saturated heterocycles. The molecule has 0 spiro atoms. The van der Waals surface area contributed by atoms with Crippen LogP contribution in [0.25, 0.3) is 16.8 Å². The number of nitrogens with zero attached hydrogens (tertiary/aromatic N) is 5. The molecule has 1 amide bonds. The summed E-state index contributed by atoms with van der Waals surface area (Å²) >= 11 is 1.52. The van der Waals surface area contributed by atoms with Crippen molar-refractivity contribution in [1.82, 2.24) is 24.3 Å². The van der Waals surface area contributed by atoms with Gasteiger partial charge in [0.25, 0.3) is 5.91 Å². The van der Waals surface area contributed by atoms with Crippen LogP contribution in [-0.2, 0) is 6.42 Å². The smallest absolute Gasteiger partial charge is 0.257 e. The summed E-state index contributed by atoms with van der Waals surface area (Å²) in [6, 6.07) is 7.70. The van der Waals surface area contributed by atoms with Crippen LogP contribution >= 0.6 is 11.3 Å². The lowest BCUT2D eigenvalue weighted by atomic mass is 10.0. The van der Waals surface area contributed by atoms with Crippen LogP contribution in [0.15, 0.2) is 42.9 Å². The van der Waals surface area contributed by atoms with Crippen molar-refractivity contribution in [3.63, 3.8) is 0 Å². The van der Waals surface area contributed by atoms with Crippen LogP contribution in [0.2, 0.25) is 0 Å². The van der Waals surface area contributed by atoms with Gasteiger partial charge in [-0.3, -0.25) is 19.4 Å². The highest BCUT2D eigenvalue weighted by Gasteiger charge is 2.27. The van der Waals surface area contributed by atoms with Crippen molar-refractivity contribution in [2.75, 3.05) is 24.6 Å². The molecule has 4 aromatic rings. The van der Waals surface area contributed by atoms with Gasteiger partial charge in [0.1, 0.15) is 22.9 Å². The molecule has 5 rings (SSSR count). The highest BCUT2D eigenvalue weighted by Crippen LogP contribution is 2.35. The maximum atomic E-state index is 12.7.